The molecule has 5 heteroatoms. The Morgan fingerprint density at radius 1 is 1.50 bits per heavy atom. The summed E-state index contributed by atoms with van der Waals surface area (Å²) in [6, 6.07) is 5.61. The Kier molecular flexibility index (Phi) is 3.05. The second-order valence-electron chi connectivity index (χ2n) is 3.38. The predicted molar refractivity (Wildman–Crippen MR) is 65.4 cm³/mol. The molecule has 0 radical (unpaired) electrons. The van der Waals surface area contributed by atoms with Gasteiger partial charge in [0.2, 0.25) is 5.95 Å². The van der Waals surface area contributed by atoms with Crippen molar-refractivity contribution in [3.8, 4) is 0 Å². The number of halogens is 1. The van der Waals surface area contributed by atoms with Crippen molar-refractivity contribution in [3.05, 3.63) is 46.2 Å². The molecule has 1 aromatic carbocycles. The summed E-state index contributed by atoms with van der Waals surface area (Å²) >= 11 is 3.34. The number of aromatic amines is 1. The lowest BCUT2D eigenvalue weighted by Gasteiger charge is -2.05. The quantitative estimate of drug-likeness (QED) is 0.888. The molecule has 1 aromatic heterocycles. The highest BCUT2D eigenvalue weighted by molar-refractivity contribution is 9.10. The largest absolute Gasteiger partial charge is 0.331 e. The van der Waals surface area contributed by atoms with E-state index in [0.29, 0.717) is 11.5 Å². The smallest absolute Gasteiger partial charge is 0.259 e. The Morgan fingerprint density at radius 2 is 2.31 bits per heavy atom. The van der Waals surface area contributed by atoms with Crippen LogP contribution in [-0.2, 0) is 0 Å². The van der Waals surface area contributed by atoms with E-state index in [2.05, 4.69) is 31.2 Å². The Bertz CT molecular complexity index is 508. The third-order valence-corrected chi connectivity index (χ3v) is 2.79. The van der Waals surface area contributed by atoms with Crippen molar-refractivity contribution in [1.82, 2.24) is 9.97 Å². The van der Waals surface area contributed by atoms with Gasteiger partial charge in [0.15, 0.2) is 0 Å². The lowest BCUT2D eigenvalue weighted by molar-refractivity contribution is 0.102. The number of aromatic nitrogens is 2. The summed E-state index contributed by atoms with van der Waals surface area (Å²) in [7, 11) is 0. The molecular formula is C11H10BrN3O. The maximum atomic E-state index is 11.9. The molecule has 4 nitrogen and oxygen atoms in total. The summed E-state index contributed by atoms with van der Waals surface area (Å²) in [5, 5.41) is 2.67. The van der Waals surface area contributed by atoms with E-state index in [1.54, 1.807) is 12.4 Å². The molecule has 0 aliphatic rings. The van der Waals surface area contributed by atoms with Crippen LogP contribution in [0.5, 0.6) is 0 Å². The van der Waals surface area contributed by atoms with Crippen LogP contribution in [0.1, 0.15) is 15.9 Å². The van der Waals surface area contributed by atoms with Gasteiger partial charge in [-0.25, -0.2) is 4.98 Å². The second kappa shape index (κ2) is 4.49. The SMILES string of the molecule is Cc1ccc(Br)c(C(=O)Nc2ncc[nH]2)c1. The number of carbonyl (C=O) groups is 1. The Balaban J connectivity index is 2.24. The van der Waals surface area contributed by atoms with Gasteiger partial charge in [0.05, 0.1) is 5.56 Å². The molecule has 0 saturated heterocycles. The number of rotatable bonds is 2. The molecule has 0 saturated carbocycles. The first-order valence-corrected chi connectivity index (χ1v) is 5.53. The molecule has 0 atom stereocenters. The van der Waals surface area contributed by atoms with Crippen molar-refractivity contribution < 1.29 is 4.79 Å². The zero-order valence-electron chi connectivity index (χ0n) is 8.62. The predicted octanol–water partition coefficient (Wildman–Crippen LogP) is 2.73. The van der Waals surface area contributed by atoms with Crippen LogP contribution < -0.4 is 5.32 Å². The van der Waals surface area contributed by atoms with Gasteiger partial charge in [0.1, 0.15) is 0 Å². The van der Waals surface area contributed by atoms with Crippen molar-refractivity contribution >= 4 is 27.8 Å². The van der Waals surface area contributed by atoms with E-state index in [0.717, 1.165) is 10.0 Å². The molecule has 0 fully saturated rings. The third-order valence-electron chi connectivity index (χ3n) is 2.10. The van der Waals surface area contributed by atoms with Gasteiger partial charge < -0.3 is 4.98 Å². The second-order valence-corrected chi connectivity index (χ2v) is 4.23. The summed E-state index contributed by atoms with van der Waals surface area (Å²) in [5.41, 5.74) is 1.63. The van der Waals surface area contributed by atoms with Crippen LogP contribution >= 0.6 is 15.9 Å². The Labute approximate surface area is 101 Å². The zero-order chi connectivity index (χ0) is 11.5. The third kappa shape index (κ3) is 2.30. The minimum Gasteiger partial charge on any atom is -0.331 e. The van der Waals surface area contributed by atoms with Crippen LogP contribution in [0.3, 0.4) is 0 Å². The molecule has 1 heterocycles. The Morgan fingerprint density at radius 3 is 3.00 bits per heavy atom. The van der Waals surface area contributed by atoms with Crippen LogP contribution in [-0.4, -0.2) is 15.9 Å². The highest BCUT2D eigenvalue weighted by atomic mass is 79.9. The summed E-state index contributed by atoms with van der Waals surface area (Å²) in [6.07, 6.45) is 3.24. The van der Waals surface area contributed by atoms with Gasteiger partial charge in [-0.1, -0.05) is 11.6 Å². The zero-order valence-corrected chi connectivity index (χ0v) is 10.2. The first kappa shape index (κ1) is 10.9. The number of carbonyl (C=O) groups excluding carboxylic acids is 1. The highest BCUT2D eigenvalue weighted by Crippen LogP contribution is 2.18. The molecule has 16 heavy (non-hydrogen) atoms. The van der Waals surface area contributed by atoms with Crippen LogP contribution in [0, 0.1) is 6.92 Å². The van der Waals surface area contributed by atoms with E-state index in [1.165, 1.54) is 0 Å². The summed E-state index contributed by atoms with van der Waals surface area (Å²) < 4.78 is 0.766. The van der Waals surface area contributed by atoms with Gasteiger partial charge in [0.25, 0.3) is 5.91 Å². The number of anilines is 1. The monoisotopic (exact) mass is 279 g/mol. The number of hydrogen-bond donors (Lipinski definition) is 2. The van der Waals surface area contributed by atoms with E-state index < -0.39 is 0 Å². The van der Waals surface area contributed by atoms with E-state index in [1.807, 2.05) is 25.1 Å². The summed E-state index contributed by atoms with van der Waals surface area (Å²) in [5.74, 6) is 0.254. The summed E-state index contributed by atoms with van der Waals surface area (Å²) in [4.78, 5) is 18.6. The molecule has 0 aliphatic heterocycles. The number of hydrogen-bond acceptors (Lipinski definition) is 2. The normalized spacial score (nSPS) is 10.1. The average Bonchev–Trinajstić information content (AvgIpc) is 2.74. The van der Waals surface area contributed by atoms with E-state index in [4.69, 9.17) is 0 Å². The van der Waals surface area contributed by atoms with Crippen molar-refractivity contribution in [1.29, 1.82) is 0 Å². The van der Waals surface area contributed by atoms with Crippen LogP contribution in [0.25, 0.3) is 0 Å². The highest BCUT2D eigenvalue weighted by Gasteiger charge is 2.11. The molecule has 82 valence electrons. The molecule has 1 amide bonds. The molecule has 2 N–H and O–H groups in total. The van der Waals surface area contributed by atoms with Gasteiger partial charge in [0, 0.05) is 16.9 Å². The molecule has 0 aliphatic carbocycles. The molecular weight excluding hydrogens is 270 g/mol. The van der Waals surface area contributed by atoms with Crippen molar-refractivity contribution in [2.24, 2.45) is 0 Å². The van der Waals surface area contributed by atoms with Crippen molar-refractivity contribution in [2.45, 2.75) is 6.92 Å². The molecule has 2 aromatic rings. The van der Waals surface area contributed by atoms with Crippen LogP contribution in [0.2, 0.25) is 0 Å². The van der Waals surface area contributed by atoms with E-state index in [9.17, 15) is 4.79 Å². The van der Waals surface area contributed by atoms with Gasteiger partial charge >= 0.3 is 0 Å². The van der Waals surface area contributed by atoms with Crippen molar-refractivity contribution in [3.63, 3.8) is 0 Å². The number of benzene rings is 1. The number of aryl methyl sites for hydroxylation is 1. The minimum atomic E-state index is -0.189. The fraction of sp³-hybridized carbons (Fsp3) is 0.0909. The van der Waals surface area contributed by atoms with Crippen molar-refractivity contribution in [2.75, 3.05) is 5.32 Å². The van der Waals surface area contributed by atoms with Gasteiger partial charge in [-0.05, 0) is 35.0 Å². The topological polar surface area (TPSA) is 57.8 Å². The first-order valence-electron chi connectivity index (χ1n) is 4.73. The molecule has 2 rings (SSSR count). The molecule has 0 unspecified atom stereocenters. The summed E-state index contributed by atoms with van der Waals surface area (Å²) in [6.45, 7) is 1.94. The average molecular weight is 280 g/mol. The number of nitrogens with zero attached hydrogens (tertiary/aromatic N) is 1. The maximum absolute atomic E-state index is 11.9. The lowest BCUT2D eigenvalue weighted by Crippen LogP contribution is -2.13. The fourth-order valence-corrected chi connectivity index (χ4v) is 1.75. The molecule has 0 spiro atoms. The fourth-order valence-electron chi connectivity index (χ4n) is 1.32. The number of imidazole rings is 1. The van der Waals surface area contributed by atoms with Gasteiger partial charge in [-0.15, -0.1) is 0 Å². The standard InChI is InChI=1S/C11H10BrN3O/c1-7-2-3-9(12)8(6-7)10(16)15-11-13-4-5-14-11/h2-6H,1H3,(H2,13,14,15,16). The minimum absolute atomic E-state index is 0.189. The van der Waals surface area contributed by atoms with Gasteiger partial charge in [-0.3, -0.25) is 10.1 Å². The van der Waals surface area contributed by atoms with E-state index >= 15 is 0 Å². The van der Waals surface area contributed by atoms with Crippen LogP contribution in [0.15, 0.2) is 35.1 Å². The maximum Gasteiger partial charge on any atom is 0.259 e. The Hall–Kier alpha value is -1.62. The number of nitrogens with one attached hydrogen (secondary N) is 2. The molecule has 0 bridgehead atoms. The first-order chi connectivity index (χ1) is 7.66. The number of H-pyrrole nitrogens is 1. The van der Waals surface area contributed by atoms with Crippen LogP contribution in [0.4, 0.5) is 5.95 Å². The lowest BCUT2D eigenvalue weighted by atomic mass is 10.1. The van der Waals surface area contributed by atoms with E-state index in [-0.39, 0.29) is 5.91 Å². The number of amides is 1. The van der Waals surface area contributed by atoms with Gasteiger partial charge in [-0.2, -0.15) is 0 Å².